The zero-order chi connectivity index (χ0) is 20.5. The number of ether oxygens (including phenoxy) is 2. The maximum absolute atomic E-state index is 12.0. The number of nitro groups is 1. The second kappa shape index (κ2) is 10.1. The van der Waals surface area contributed by atoms with Crippen LogP contribution in [0.2, 0.25) is 0 Å². The van der Waals surface area contributed by atoms with Crippen LogP contribution in [-0.4, -0.2) is 30.8 Å². The molecule has 144 valence electrons. The van der Waals surface area contributed by atoms with Crippen LogP contribution in [0.25, 0.3) is 0 Å². The molecule has 1 N–H and O–H groups in total. The molecule has 28 heavy (non-hydrogen) atoms. The van der Waals surface area contributed by atoms with Gasteiger partial charge < -0.3 is 9.47 Å². The van der Waals surface area contributed by atoms with Gasteiger partial charge in [-0.05, 0) is 33.6 Å². The van der Waals surface area contributed by atoms with Gasteiger partial charge in [-0.3, -0.25) is 14.9 Å². The highest BCUT2D eigenvalue weighted by Gasteiger charge is 2.15. The van der Waals surface area contributed by atoms with Crippen molar-refractivity contribution in [3.05, 3.63) is 62.1 Å². The number of amides is 1. The highest BCUT2D eigenvalue weighted by Crippen LogP contribution is 2.36. The Morgan fingerprint density at radius 3 is 2.86 bits per heavy atom. The Hall–Kier alpha value is -3.38. The molecule has 8 nitrogen and oxygen atoms in total. The molecule has 0 aliphatic heterocycles. The fourth-order valence-electron chi connectivity index (χ4n) is 2.30. The van der Waals surface area contributed by atoms with E-state index in [4.69, 9.17) is 15.9 Å². The van der Waals surface area contributed by atoms with E-state index in [1.165, 1.54) is 25.5 Å². The van der Waals surface area contributed by atoms with Crippen molar-refractivity contribution in [1.29, 1.82) is 0 Å². The van der Waals surface area contributed by atoms with Crippen LogP contribution < -0.4 is 14.9 Å². The smallest absolute Gasteiger partial charge is 0.273 e. The van der Waals surface area contributed by atoms with Crippen LogP contribution in [0.15, 0.2) is 46.0 Å². The zero-order valence-electron chi connectivity index (χ0n) is 14.8. The molecule has 2 rings (SSSR count). The van der Waals surface area contributed by atoms with E-state index in [2.05, 4.69) is 32.4 Å². The Labute approximate surface area is 169 Å². The molecule has 0 atom stereocenters. The first kappa shape index (κ1) is 20.9. The standard InChI is InChI=1S/C19H16BrN3O5/c1-3-8-28-19-15(20)9-13(10-17(19)27-2)12-21-22-18(24)11-14-6-4-5-7-16(14)23(25)26/h1,4-7,9-10,12H,8,11H2,2H3,(H,22,24). The average molecular weight is 446 g/mol. The van der Waals surface area contributed by atoms with Gasteiger partial charge in [0.2, 0.25) is 5.91 Å². The molecule has 0 radical (unpaired) electrons. The summed E-state index contributed by atoms with van der Waals surface area (Å²) in [5, 5.41) is 14.9. The average Bonchev–Trinajstić information content (AvgIpc) is 2.67. The molecule has 0 saturated carbocycles. The van der Waals surface area contributed by atoms with Crippen molar-refractivity contribution in [3.8, 4) is 23.8 Å². The van der Waals surface area contributed by atoms with Gasteiger partial charge in [0.25, 0.3) is 5.69 Å². The lowest BCUT2D eigenvalue weighted by Crippen LogP contribution is -2.20. The predicted octanol–water partition coefficient (Wildman–Crippen LogP) is 3.07. The molecule has 0 spiro atoms. The van der Waals surface area contributed by atoms with Crippen LogP contribution in [0.1, 0.15) is 11.1 Å². The summed E-state index contributed by atoms with van der Waals surface area (Å²) in [6.07, 6.45) is 6.44. The number of nitro benzene ring substituents is 1. The van der Waals surface area contributed by atoms with Gasteiger partial charge in [0.1, 0.15) is 6.61 Å². The summed E-state index contributed by atoms with van der Waals surface area (Å²) in [5.74, 6) is 2.79. The van der Waals surface area contributed by atoms with E-state index in [9.17, 15) is 14.9 Å². The molecule has 0 aromatic heterocycles. The van der Waals surface area contributed by atoms with Gasteiger partial charge >= 0.3 is 0 Å². The summed E-state index contributed by atoms with van der Waals surface area (Å²) in [5.41, 5.74) is 3.17. The monoisotopic (exact) mass is 445 g/mol. The van der Waals surface area contributed by atoms with E-state index in [0.29, 0.717) is 27.1 Å². The maximum atomic E-state index is 12.0. The first-order valence-corrected chi connectivity index (χ1v) is 8.73. The lowest BCUT2D eigenvalue weighted by Gasteiger charge is -2.11. The topological polar surface area (TPSA) is 103 Å². The molecule has 0 aliphatic carbocycles. The predicted molar refractivity (Wildman–Crippen MR) is 108 cm³/mol. The number of para-hydroxylation sites is 1. The number of carbonyl (C=O) groups is 1. The molecule has 0 fully saturated rings. The van der Waals surface area contributed by atoms with Crippen LogP contribution in [0.5, 0.6) is 11.5 Å². The van der Waals surface area contributed by atoms with Crippen molar-refractivity contribution in [1.82, 2.24) is 5.43 Å². The van der Waals surface area contributed by atoms with Crippen LogP contribution in [0, 0.1) is 22.5 Å². The summed E-state index contributed by atoms with van der Waals surface area (Å²) < 4.78 is 11.3. The number of hydrazone groups is 1. The van der Waals surface area contributed by atoms with Crippen molar-refractivity contribution in [2.75, 3.05) is 13.7 Å². The number of nitrogens with zero attached hydrogens (tertiary/aromatic N) is 2. The SMILES string of the molecule is C#CCOc1c(Br)cc(C=NNC(=O)Cc2ccccc2[N+](=O)[O-])cc1OC. The maximum Gasteiger partial charge on any atom is 0.273 e. The number of carbonyl (C=O) groups excluding carboxylic acids is 1. The number of rotatable bonds is 8. The number of halogens is 1. The third-order valence-corrected chi connectivity index (χ3v) is 4.08. The molecule has 0 heterocycles. The fraction of sp³-hybridized carbons (Fsp3) is 0.158. The molecule has 9 heteroatoms. The van der Waals surface area contributed by atoms with Gasteiger partial charge in [0.05, 0.1) is 29.1 Å². The highest BCUT2D eigenvalue weighted by atomic mass is 79.9. The largest absolute Gasteiger partial charge is 0.493 e. The van der Waals surface area contributed by atoms with Crippen LogP contribution in [-0.2, 0) is 11.2 Å². The fourth-order valence-corrected chi connectivity index (χ4v) is 2.87. The minimum absolute atomic E-state index is 0.0874. The van der Waals surface area contributed by atoms with E-state index in [-0.39, 0.29) is 18.7 Å². The molecule has 0 unspecified atom stereocenters. The summed E-state index contributed by atoms with van der Waals surface area (Å²) in [4.78, 5) is 22.5. The normalized spacial score (nSPS) is 10.3. The quantitative estimate of drug-likeness (QED) is 0.291. The van der Waals surface area contributed by atoms with E-state index in [0.717, 1.165) is 0 Å². The third-order valence-electron chi connectivity index (χ3n) is 3.49. The second-order valence-corrected chi connectivity index (χ2v) is 6.24. The summed E-state index contributed by atoms with van der Waals surface area (Å²) >= 11 is 3.37. The molecule has 2 aromatic carbocycles. The van der Waals surface area contributed by atoms with E-state index >= 15 is 0 Å². The van der Waals surface area contributed by atoms with Crippen molar-refractivity contribution in [3.63, 3.8) is 0 Å². The third kappa shape index (κ3) is 5.56. The number of hydrogen-bond donors (Lipinski definition) is 1. The van der Waals surface area contributed by atoms with Crippen LogP contribution in [0.4, 0.5) is 5.69 Å². The highest BCUT2D eigenvalue weighted by molar-refractivity contribution is 9.10. The molecule has 2 aromatic rings. The number of methoxy groups -OCH3 is 1. The van der Waals surface area contributed by atoms with Gasteiger partial charge in [-0.25, -0.2) is 5.43 Å². The molecule has 0 bridgehead atoms. The van der Waals surface area contributed by atoms with Gasteiger partial charge in [-0.15, -0.1) is 6.42 Å². The lowest BCUT2D eigenvalue weighted by atomic mass is 10.1. The minimum Gasteiger partial charge on any atom is -0.493 e. The van der Waals surface area contributed by atoms with Crippen molar-refractivity contribution in [2.45, 2.75) is 6.42 Å². The number of hydrogen-bond acceptors (Lipinski definition) is 6. The minimum atomic E-state index is -0.528. The number of benzene rings is 2. The molecule has 1 amide bonds. The van der Waals surface area contributed by atoms with Crippen LogP contribution in [0.3, 0.4) is 0 Å². The van der Waals surface area contributed by atoms with Gasteiger partial charge in [-0.1, -0.05) is 24.1 Å². The summed E-state index contributed by atoms with van der Waals surface area (Å²) in [6, 6.07) is 9.42. The molecular weight excluding hydrogens is 430 g/mol. The van der Waals surface area contributed by atoms with Crippen molar-refractivity contribution in [2.24, 2.45) is 5.10 Å². The Morgan fingerprint density at radius 2 is 2.18 bits per heavy atom. The molecule has 0 aliphatic rings. The van der Waals surface area contributed by atoms with Gasteiger partial charge in [0, 0.05) is 11.6 Å². The molecule has 0 saturated heterocycles. The number of terminal acetylenes is 1. The Bertz CT molecular complexity index is 953. The Balaban J connectivity index is 2.06. The first-order valence-electron chi connectivity index (χ1n) is 7.94. The van der Waals surface area contributed by atoms with Gasteiger partial charge in [0.15, 0.2) is 11.5 Å². The summed E-state index contributed by atoms with van der Waals surface area (Å²) in [6.45, 7) is 0.0874. The second-order valence-electron chi connectivity index (χ2n) is 5.38. The lowest BCUT2D eigenvalue weighted by molar-refractivity contribution is -0.385. The van der Waals surface area contributed by atoms with E-state index < -0.39 is 10.8 Å². The van der Waals surface area contributed by atoms with Gasteiger partial charge in [-0.2, -0.15) is 5.10 Å². The first-order chi connectivity index (χ1) is 13.5. The van der Waals surface area contributed by atoms with Crippen molar-refractivity contribution >= 4 is 33.7 Å². The van der Waals surface area contributed by atoms with E-state index in [1.54, 1.807) is 24.3 Å². The zero-order valence-corrected chi connectivity index (χ0v) is 16.4. The van der Waals surface area contributed by atoms with Crippen LogP contribution >= 0.6 is 15.9 Å². The van der Waals surface area contributed by atoms with Crippen molar-refractivity contribution < 1.29 is 19.2 Å². The Kier molecular flexibility index (Phi) is 7.54. The van der Waals surface area contributed by atoms with E-state index in [1.807, 2.05) is 0 Å². The summed E-state index contributed by atoms with van der Waals surface area (Å²) in [7, 11) is 1.49. The number of nitrogens with one attached hydrogen (secondary N) is 1. The molecular formula is C19H16BrN3O5. The Morgan fingerprint density at radius 1 is 1.43 bits per heavy atom.